The van der Waals surface area contributed by atoms with Crippen LogP contribution in [-0.4, -0.2) is 38.9 Å². The Kier molecular flexibility index (Phi) is 6.70. The molecule has 0 bridgehead atoms. The molecule has 0 aliphatic heterocycles. The number of carbonyl (C=O) groups excluding carboxylic acids is 1. The largest absolute Gasteiger partial charge is 0.440 e. The number of hydrogen-bond donors (Lipinski definition) is 0. The first-order chi connectivity index (χ1) is 15.1. The summed E-state index contributed by atoms with van der Waals surface area (Å²) >= 11 is 0. The standard InChI is InChI=1S/C20H17F5N4O3/c1-3-29(11(2)15-16(31-10-28-15)17-26-5-4-6-27-17)18(30)12-7-13(20(23,24)25)9-14(8-12)32-19(21)22/h4-11,19H,3H2,1-2H3. The van der Waals surface area contributed by atoms with E-state index in [-0.39, 0.29) is 23.8 Å². The first-order valence-corrected chi connectivity index (χ1v) is 9.30. The van der Waals surface area contributed by atoms with Gasteiger partial charge in [0.25, 0.3) is 5.91 Å². The van der Waals surface area contributed by atoms with Gasteiger partial charge in [-0.15, -0.1) is 0 Å². The Morgan fingerprint density at radius 2 is 1.84 bits per heavy atom. The van der Waals surface area contributed by atoms with Crippen molar-refractivity contribution in [3.63, 3.8) is 0 Å². The summed E-state index contributed by atoms with van der Waals surface area (Å²) in [6.45, 7) is -0.0811. The van der Waals surface area contributed by atoms with Crippen molar-refractivity contribution in [2.45, 2.75) is 32.7 Å². The monoisotopic (exact) mass is 456 g/mol. The van der Waals surface area contributed by atoms with E-state index in [1.165, 1.54) is 17.3 Å². The van der Waals surface area contributed by atoms with Gasteiger partial charge in [0.05, 0.1) is 11.6 Å². The Balaban J connectivity index is 1.98. The van der Waals surface area contributed by atoms with Crippen LogP contribution in [0.15, 0.2) is 47.5 Å². The fraction of sp³-hybridized carbons (Fsp3) is 0.300. The summed E-state index contributed by atoms with van der Waals surface area (Å²) in [7, 11) is 0. The highest BCUT2D eigenvalue weighted by Gasteiger charge is 2.34. The number of oxazole rings is 1. The van der Waals surface area contributed by atoms with Gasteiger partial charge in [0.15, 0.2) is 18.0 Å². The molecule has 0 aliphatic carbocycles. The Labute approximate surface area is 178 Å². The van der Waals surface area contributed by atoms with E-state index in [2.05, 4.69) is 19.7 Å². The van der Waals surface area contributed by atoms with Crippen LogP contribution >= 0.6 is 0 Å². The normalized spacial score (nSPS) is 12.6. The molecule has 3 aromatic rings. The van der Waals surface area contributed by atoms with Gasteiger partial charge in [-0.3, -0.25) is 4.79 Å². The number of aromatic nitrogens is 3. The first kappa shape index (κ1) is 23.1. The average Bonchev–Trinajstić information content (AvgIpc) is 3.23. The molecule has 12 heteroatoms. The van der Waals surface area contributed by atoms with Gasteiger partial charge in [0, 0.05) is 24.5 Å². The van der Waals surface area contributed by atoms with Gasteiger partial charge in [0.2, 0.25) is 0 Å². The first-order valence-electron chi connectivity index (χ1n) is 9.30. The molecule has 0 saturated carbocycles. The van der Waals surface area contributed by atoms with Crippen molar-refractivity contribution in [3.8, 4) is 17.3 Å². The number of hydrogen-bond acceptors (Lipinski definition) is 6. The Morgan fingerprint density at radius 1 is 1.16 bits per heavy atom. The lowest BCUT2D eigenvalue weighted by atomic mass is 10.1. The number of alkyl halides is 5. The molecule has 0 aliphatic rings. The SMILES string of the molecule is CCN(C(=O)c1cc(OC(F)F)cc(C(F)(F)F)c1)C(C)c1ncoc1-c1ncccn1. The molecule has 1 atom stereocenters. The van der Waals surface area contributed by atoms with Crippen molar-refractivity contribution >= 4 is 5.91 Å². The van der Waals surface area contributed by atoms with Crippen molar-refractivity contribution < 1.29 is 35.9 Å². The van der Waals surface area contributed by atoms with E-state index in [1.807, 2.05) is 0 Å². The van der Waals surface area contributed by atoms with Crippen LogP contribution in [-0.2, 0) is 6.18 Å². The van der Waals surface area contributed by atoms with Gasteiger partial charge >= 0.3 is 12.8 Å². The molecule has 2 aromatic heterocycles. The minimum atomic E-state index is -4.87. The number of halogens is 5. The van der Waals surface area contributed by atoms with Crippen molar-refractivity contribution in [2.75, 3.05) is 6.54 Å². The molecule has 0 radical (unpaired) electrons. The van der Waals surface area contributed by atoms with E-state index in [0.29, 0.717) is 12.1 Å². The Morgan fingerprint density at radius 3 is 2.44 bits per heavy atom. The molecule has 0 fully saturated rings. The summed E-state index contributed by atoms with van der Waals surface area (Å²) in [5.74, 6) is -1.22. The maximum atomic E-state index is 13.2. The van der Waals surface area contributed by atoms with Crippen molar-refractivity contribution in [2.24, 2.45) is 0 Å². The summed E-state index contributed by atoms with van der Waals surface area (Å²) < 4.78 is 74.4. The van der Waals surface area contributed by atoms with Crippen LogP contribution in [0.1, 0.15) is 41.5 Å². The van der Waals surface area contributed by atoms with Crippen molar-refractivity contribution in [1.82, 2.24) is 19.9 Å². The second-order valence-electron chi connectivity index (χ2n) is 6.53. The molecule has 0 spiro atoms. The molecule has 170 valence electrons. The average molecular weight is 456 g/mol. The minimum Gasteiger partial charge on any atom is -0.440 e. The molecule has 3 rings (SSSR count). The molecule has 0 N–H and O–H groups in total. The highest BCUT2D eigenvalue weighted by atomic mass is 19.4. The number of ether oxygens (including phenoxy) is 1. The Bertz CT molecular complexity index is 1070. The summed E-state index contributed by atoms with van der Waals surface area (Å²) in [5, 5.41) is 0. The highest BCUT2D eigenvalue weighted by Crippen LogP contribution is 2.35. The molecule has 1 aromatic carbocycles. The predicted octanol–water partition coefficient (Wildman–Crippen LogP) is 4.98. The van der Waals surface area contributed by atoms with E-state index >= 15 is 0 Å². The predicted molar refractivity (Wildman–Crippen MR) is 101 cm³/mol. The van der Waals surface area contributed by atoms with Crippen LogP contribution in [0.2, 0.25) is 0 Å². The maximum absolute atomic E-state index is 13.2. The summed E-state index contributed by atoms with van der Waals surface area (Å²) in [4.78, 5) is 26.6. The van der Waals surface area contributed by atoms with Crippen LogP contribution in [0.25, 0.3) is 11.6 Å². The smallest absolute Gasteiger partial charge is 0.416 e. The summed E-state index contributed by atoms with van der Waals surface area (Å²) in [5.41, 5.74) is -1.48. The maximum Gasteiger partial charge on any atom is 0.416 e. The lowest BCUT2D eigenvalue weighted by Gasteiger charge is -2.27. The van der Waals surface area contributed by atoms with Crippen LogP contribution in [0, 0.1) is 0 Å². The fourth-order valence-electron chi connectivity index (χ4n) is 3.10. The molecule has 0 saturated heterocycles. The lowest BCUT2D eigenvalue weighted by molar-refractivity contribution is -0.138. The van der Waals surface area contributed by atoms with Crippen LogP contribution in [0.3, 0.4) is 0 Å². The summed E-state index contributed by atoms with van der Waals surface area (Å²) in [6, 6.07) is 2.66. The van der Waals surface area contributed by atoms with Gasteiger partial charge in [-0.1, -0.05) is 0 Å². The zero-order chi connectivity index (χ0) is 23.5. The van der Waals surface area contributed by atoms with Crippen LogP contribution in [0.4, 0.5) is 22.0 Å². The van der Waals surface area contributed by atoms with Crippen LogP contribution < -0.4 is 4.74 Å². The van der Waals surface area contributed by atoms with E-state index in [9.17, 15) is 26.7 Å². The van der Waals surface area contributed by atoms with Crippen LogP contribution in [0.5, 0.6) is 5.75 Å². The van der Waals surface area contributed by atoms with E-state index in [0.717, 1.165) is 12.5 Å². The number of amides is 1. The Hall–Kier alpha value is -3.57. The van der Waals surface area contributed by atoms with Gasteiger partial charge in [-0.2, -0.15) is 22.0 Å². The molecular formula is C20H17F5N4O3. The zero-order valence-corrected chi connectivity index (χ0v) is 16.8. The molecule has 32 heavy (non-hydrogen) atoms. The van der Waals surface area contributed by atoms with Crippen molar-refractivity contribution in [3.05, 3.63) is 59.9 Å². The third-order valence-corrected chi connectivity index (χ3v) is 4.53. The third-order valence-electron chi connectivity index (χ3n) is 4.53. The van der Waals surface area contributed by atoms with Gasteiger partial charge in [-0.05, 0) is 38.1 Å². The minimum absolute atomic E-state index is 0.0726. The van der Waals surface area contributed by atoms with E-state index in [4.69, 9.17) is 4.42 Å². The van der Waals surface area contributed by atoms with Gasteiger partial charge in [0.1, 0.15) is 11.4 Å². The number of nitrogens with zero attached hydrogens (tertiary/aromatic N) is 4. The lowest BCUT2D eigenvalue weighted by Crippen LogP contribution is -2.34. The topological polar surface area (TPSA) is 81.4 Å². The quantitative estimate of drug-likeness (QED) is 0.467. The molecule has 1 unspecified atom stereocenters. The number of carbonyl (C=O) groups is 1. The molecular weight excluding hydrogens is 439 g/mol. The second-order valence-corrected chi connectivity index (χ2v) is 6.53. The molecule has 1 amide bonds. The fourth-order valence-corrected chi connectivity index (χ4v) is 3.10. The van der Waals surface area contributed by atoms with Gasteiger partial charge < -0.3 is 14.1 Å². The number of rotatable bonds is 7. The third kappa shape index (κ3) is 5.01. The highest BCUT2D eigenvalue weighted by molar-refractivity contribution is 5.95. The zero-order valence-electron chi connectivity index (χ0n) is 16.8. The van der Waals surface area contributed by atoms with E-state index < -0.39 is 41.6 Å². The number of benzene rings is 1. The second kappa shape index (κ2) is 9.28. The molecule has 2 heterocycles. The van der Waals surface area contributed by atoms with E-state index in [1.54, 1.807) is 19.9 Å². The van der Waals surface area contributed by atoms with Gasteiger partial charge in [-0.25, -0.2) is 15.0 Å². The van der Waals surface area contributed by atoms with Crippen molar-refractivity contribution in [1.29, 1.82) is 0 Å². The summed E-state index contributed by atoms with van der Waals surface area (Å²) in [6.07, 6.45) is -0.776. The molecule has 7 nitrogen and oxygen atoms in total.